The van der Waals surface area contributed by atoms with Crippen molar-refractivity contribution < 1.29 is 7.96 Å². The topological polar surface area (TPSA) is 20.2 Å². The van der Waals surface area contributed by atoms with E-state index < -0.39 is 0 Å². The Morgan fingerprint density at radius 2 is 1.50 bits per heavy atom. The Bertz CT molecular complexity index is 13.5. The van der Waals surface area contributed by atoms with Crippen LogP contribution in [-0.2, 0) is 0 Å². The molecule has 0 spiro atoms. The first-order valence-electron chi connectivity index (χ1n) is 0.447. The SMILES string of the molecule is CO.[AlH3].[H-].[H-].[Mg+2]. The second-order valence-corrected chi connectivity index (χ2v) is 0. The minimum Gasteiger partial charge on any atom is -1.00 e. The number of aliphatic hydroxyl groups excluding tert-OH is 1. The molecule has 24 valence electrons. The Balaban J connectivity index is -0.000000000833. The molecule has 3 heteroatoms. The molecule has 1 nitrogen and oxygen atoms in total. The maximum absolute atomic E-state index is 7.00. The first kappa shape index (κ1) is 18.7. The van der Waals surface area contributed by atoms with Gasteiger partial charge in [-0.15, -0.1) is 0 Å². The normalized spacial score (nSPS) is 1.50. The van der Waals surface area contributed by atoms with Crippen LogP contribution in [-0.4, -0.2) is 52.6 Å². The summed E-state index contributed by atoms with van der Waals surface area (Å²) in [6, 6.07) is 0. The van der Waals surface area contributed by atoms with Crippen molar-refractivity contribution in [3.05, 3.63) is 0 Å². The Labute approximate surface area is 55.6 Å². The minimum absolute atomic E-state index is 0. The molecule has 0 atom stereocenters. The van der Waals surface area contributed by atoms with Crippen molar-refractivity contribution in [1.82, 2.24) is 0 Å². The Morgan fingerprint density at radius 1 is 1.50 bits per heavy atom. The second kappa shape index (κ2) is 28.5. The zero-order valence-electron chi connectivity index (χ0n) is 4.15. The third-order valence-electron chi connectivity index (χ3n) is 0. The van der Waals surface area contributed by atoms with E-state index in [-0.39, 0.29) is 43.3 Å². The largest absolute Gasteiger partial charge is 2.00 e. The van der Waals surface area contributed by atoms with E-state index in [1.807, 2.05) is 0 Å². The molecule has 4 heavy (non-hydrogen) atoms. The zero-order valence-corrected chi connectivity index (χ0v) is 3.57. The monoisotopic (exact) mass is 88.0 g/mol. The van der Waals surface area contributed by atoms with Gasteiger partial charge in [0.2, 0.25) is 0 Å². The van der Waals surface area contributed by atoms with Crippen LogP contribution in [0.3, 0.4) is 0 Å². The molecule has 0 fully saturated rings. The molecule has 0 radical (unpaired) electrons. The van der Waals surface area contributed by atoms with Crippen molar-refractivity contribution in [2.75, 3.05) is 7.11 Å². The van der Waals surface area contributed by atoms with Crippen molar-refractivity contribution in [2.45, 2.75) is 0 Å². The molecule has 0 aromatic heterocycles. The fraction of sp³-hybridized carbons (Fsp3) is 1.00. The van der Waals surface area contributed by atoms with Crippen molar-refractivity contribution in [1.29, 1.82) is 0 Å². The van der Waals surface area contributed by atoms with Crippen LogP contribution in [0, 0.1) is 0 Å². The standard InChI is InChI=1S/CH4O.Al.Mg.5H/c1-2;;;;;;;/h2H,1H3;;;;;;;/q;;+2;;;;2*-1. The molecule has 0 heterocycles. The van der Waals surface area contributed by atoms with E-state index in [1.165, 1.54) is 0 Å². The fourth-order valence-electron chi connectivity index (χ4n) is 0. The Kier molecular flexibility index (Phi) is 133. The van der Waals surface area contributed by atoms with E-state index in [0.717, 1.165) is 7.11 Å². The molecule has 0 amide bonds. The average Bonchev–Trinajstić information content (AvgIpc) is 1.00. The molecule has 1 N–H and O–H groups in total. The molecule has 0 aromatic carbocycles. The summed E-state index contributed by atoms with van der Waals surface area (Å²) >= 11 is 0. The van der Waals surface area contributed by atoms with Crippen molar-refractivity contribution in [2.24, 2.45) is 0 Å². The van der Waals surface area contributed by atoms with Gasteiger partial charge in [0.05, 0.1) is 0 Å². The van der Waals surface area contributed by atoms with Gasteiger partial charge in [-0.05, 0) is 0 Å². The van der Waals surface area contributed by atoms with Crippen molar-refractivity contribution in [3.8, 4) is 0 Å². The van der Waals surface area contributed by atoms with Gasteiger partial charge in [0.25, 0.3) is 0 Å². The van der Waals surface area contributed by atoms with Gasteiger partial charge >= 0.3 is 23.1 Å². The molecule has 0 aliphatic heterocycles. The van der Waals surface area contributed by atoms with Gasteiger partial charge in [0.15, 0.2) is 17.4 Å². The summed E-state index contributed by atoms with van der Waals surface area (Å²) in [6.07, 6.45) is 0. The van der Waals surface area contributed by atoms with Crippen molar-refractivity contribution >= 4 is 40.4 Å². The maximum atomic E-state index is 7.00. The van der Waals surface area contributed by atoms with Crippen LogP contribution in [0.4, 0.5) is 0 Å². The van der Waals surface area contributed by atoms with E-state index >= 15 is 0 Å². The number of aliphatic hydroxyl groups is 1. The average molecular weight is 88.4 g/mol. The predicted molar refractivity (Wildman–Crippen MR) is 26.1 cm³/mol. The van der Waals surface area contributed by atoms with Crippen LogP contribution < -0.4 is 0 Å². The summed E-state index contributed by atoms with van der Waals surface area (Å²) in [5, 5.41) is 7.00. The number of hydrogen-bond acceptors (Lipinski definition) is 1. The molecule has 0 rings (SSSR count). The zero-order chi connectivity index (χ0) is 2.00. The van der Waals surface area contributed by atoms with Gasteiger partial charge < -0.3 is 7.96 Å². The Hall–Kier alpha value is 1.26. The van der Waals surface area contributed by atoms with E-state index in [1.54, 1.807) is 0 Å². The molecule has 0 bridgehead atoms. The van der Waals surface area contributed by atoms with E-state index in [9.17, 15) is 0 Å². The fourth-order valence-corrected chi connectivity index (χ4v) is 0. The van der Waals surface area contributed by atoms with Gasteiger partial charge in [-0.3, -0.25) is 0 Å². The van der Waals surface area contributed by atoms with Crippen LogP contribution in [0.25, 0.3) is 0 Å². The summed E-state index contributed by atoms with van der Waals surface area (Å²) < 4.78 is 0. The first-order valence-corrected chi connectivity index (χ1v) is 0.447. The van der Waals surface area contributed by atoms with Crippen molar-refractivity contribution in [3.63, 3.8) is 0 Å². The van der Waals surface area contributed by atoms with Gasteiger partial charge in [-0.25, -0.2) is 0 Å². The molecule has 0 saturated heterocycles. The molecule has 0 saturated carbocycles. The first-order chi connectivity index (χ1) is 1.00. The third-order valence-corrected chi connectivity index (χ3v) is 0. The minimum atomic E-state index is 0. The van der Waals surface area contributed by atoms with Crippen LogP contribution >= 0.6 is 0 Å². The van der Waals surface area contributed by atoms with E-state index in [4.69, 9.17) is 5.11 Å². The van der Waals surface area contributed by atoms with Crippen LogP contribution in [0.15, 0.2) is 0 Å². The summed E-state index contributed by atoms with van der Waals surface area (Å²) in [6.45, 7) is 0. The number of rotatable bonds is 0. The van der Waals surface area contributed by atoms with Gasteiger partial charge in [-0.2, -0.15) is 0 Å². The van der Waals surface area contributed by atoms with Gasteiger partial charge in [0, 0.05) is 7.11 Å². The maximum Gasteiger partial charge on any atom is 2.00 e. The third kappa shape index (κ3) is 10.5. The number of hydrogen-bond donors (Lipinski definition) is 1. The van der Waals surface area contributed by atoms with E-state index in [2.05, 4.69) is 0 Å². The summed E-state index contributed by atoms with van der Waals surface area (Å²) in [4.78, 5) is 0. The molecular formula is CH9AlMgO. The summed E-state index contributed by atoms with van der Waals surface area (Å²) in [7, 11) is 1.00. The van der Waals surface area contributed by atoms with Crippen LogP contribution in [0.5, 0.6) is 0 Å². The van der Waals surface area contributed by atoms with Crippen LogP contribution in [0.1, 0.15) is 2.85 Å². The summed E-state index contributed by atoms with van der Waals surface area (Å²) in [5.41, 5.74) is 0. The molecule has 0 unspecified atom stereocenters. The molecule has 0 aromatic rings. The van der Waals surface area contributed by atoms with Gasteiger partial charge in [-0.1, -0.05) is 0 Å². The van der Waals surface area contributed by atoms with Gasteiger partial charge in [0.1, 0.15) is 0 Å². The molecular weight excluding hydrogens is 79.3 g/mol. The predicted octanol–water partition coefficient (Wildman–Crippen LogP) is -1.73. The smallest absolute Gasteiger partial charge is 1.00 e. The molecule has 0 aliphatic rings. The summed E-state index contributed by atoms with van der Waals surface area (Å²) in [5.74, 6) is 0. The van der Waals surface area contributed by atoms with Crippen LogP contribution in [0.2, 0.25) is 0 Å². The van der Waals surface area contributed by atoms with E-state index in [0.29, 0.717) is 0 Å². The quantitative estimate of drug-likeness (QED) is 0.349. The molecule has 0 aliphatic carbocycles. The Morgan fingerprint density at radius 3 is 1.50 bits per heavy atom. The second-order valence-electron chi connectivity index (χ2n) is 0.